The number of hydrogen-bond donors (Lipinski definition) is 3. The van der Waals surface area contributed by atoms with E-state index < -0.39 is 0 Å². The first-order chi connectivity index (χ1) is 10.1. The van der Waals surface area contributed by atoms with E-state index in [1.807, 2.05) is 6.07 Å². The Labute approximate surface area is 120 Å². The quantitative estimate of drug-likeness (QED) is 0.630. The normalized spacial score (nSPS) is 10.8. The summed E-state index contributed by atoms with van der Waals surface area (Å²) in [5, 5.41) is 3.46. The van der Waals surface area contributed by atoms with Gasteiger partial charge in [-0.1, -0.05) is 6.07 Å². The Morgan fingerprint density at radius 1 is 1.29 bits per heavy atom. The first-order valence-corrected chi connectivity index (χ1v) is 6.49. The van der Waals surface area contributed by atoms with E-state index in [1.54, 1.807) is 37.4 Å². The van der Waals surface area contributed by atoms with Crippen molar-refractivity contribution in [2.45, 2.75) is 6.92 Å². The Balaban J connectivity index is 1.97. The zero-order chi connectivity index (χ0) is 15.0. The molecule has 0 spiro atoms. The van der Waals surface area contributed by atoms with Crippen molar-refractivity contribution in [2.24, 2.45) is 0 Å². The number of carbonyl (C=O) groups is 1. The van der Waals surface area contributed by atoms with Crippen LogP contribution in [0, 0.1) is 12.7 Å². The minimum Gasteiger partial charge on any atom is -0.399 e. The third-order valence-electron chi connectivity index (χ3n) is 3.47. The number of H-pyrrole nitrogens is 1. The molecular formula is C16H14FN3O. The summed E-state index contributed by atoms with van der Waals surface area (Å²) in [7, 11) is 0. The second-order valence-corrected chi connectivity index (χ2v) is 4.87. The Morgan fingerprint density at radius 3 is 2.90 bits per heavy atom. The minimum absolute atomic E-state index is 0.305. The molecule has 1 heterocycles. The van der Waals surface area contributed by atoms with Gasteiger partial charge in [-0.2, -0.15) is 0 Å². The first kappa shape index (κ1) is 13.2. The minimum atomic E-state index is -0.351. The molecule has 1 aromatic heterocycles. The average molecular weight is 283 g/mol. The molecule has 3 aromatic rings. The lowest BCUT2D eigenvalue weighted by molar-refractivity contribution is 0.102. The Bertz CT molecular complexity index is 839. The third-order valence-corrected chi connectivity index (χ3v) is 3.47. The fraction of sp³-hybridized carbons (Fsp3) is 0.0625. The van der Waals surface area contributed by atoms with Crippen molar-refractivity contribution in [1.29, 1.82) is 0 Å². The number of nitrogen functional groups attached to an aromatic ring is 1. The molecule has 106 valence electrons. The molecule has 0 aliphatic rings. The first-order valence-electron chi connectivity index (χ1n) is 6.49. The topological polar surface area (TPSA) is 70.9 Å². The SMILES string of the molecule is Cc1c(F)cccc1NC(=O)c1c[nH]c2ccc(N)cc12. The number of benzene rings is 2. The van der Waals surface area contributed by atoms with Gasteiger partial charge < -0.3 is 16.0 Å². The van der Waals surface area contributed by atoms with Crippen LogP contribution in [-0.2, 0) is 0 Å². The summed E-state index contributed by atoms with van der Waals surface area (Å²) in [6.07, 6.45) is 1.62. The molecule has 0 fully saturated rings. The second kappa shape index (κ2) is 4.94. The van der Waals surface area contributed by atoms with Gasteiger partial charge in [0.2, 0.25) is 0 Å². The van der Waals surface area contributed by atoms with E-state index in [4.69, 9.17) is 5.73 Å². The van der Waals surface area contributed by atoms with Crippen LogP contribution in [0.25, 0.3) is 10.9 Å². The van der Waals surface area contributed by atoms with Gasteiger partial charge in [0.15, 0.2) is 0 Å². The highest BCUT2D eigenvalue weighted by Crippen LogP contribution is 2.23. The van der Waals surface area contributed by atoms with Gasteiger partial charge in [-0.05, 0) is 37.3 Å². The number of amides is 1. The lowest BCUT2D eigenvalue weighted by Gasteiger charge is -2.08. The molecule has 0 aliphatic heterocycles. The molecule has 4 N–H and O–H groups in total. The molecule has 3 rings (SSSR count). The number of aromatic nitrogens is 1. The predicted molar refractivity (Wildman–Crippen MR) is 81.8 cm³/mol. The average Bonchev–Trinajstić information content (AvgIpc) is 2.87. The molecule has 0 unspecified atom stereocenters. The van der Waals surface area contributed by atoms with Crippen LogP contribution in [0.4, 0.5) is 15.8 Å². The van der Waals surface area contributed by atoms with Gasteiger partial charge in [0.05, 0.1) is 5.56 Å². The molecule has 0 bridgehead atoms. The largest absolute Gasteiger partial charge is 0.399 e. The molecule has 4 nitrogen and oxygen atoms in total. The van der Waals surface area contributed by atoms with Crippen LogP contribution in [0.1, 0.15) is 15.9 Å². The summed E-state index contributed by atoms with van der Waals surface area (Å²) in [5.41, 5.74) is 8.50. The number of nitrogens with two attached hydrogens (primary N) is 1. The highest BCUT2D eigenvalue weighted by molar-refractivity contribution is 6.13. The van der Waals surface area contributed by atoms with Gasteiger partial charge >= 0.3 is 0 Å². The van der Waals surface area contributed by atoms with Crippen LogP contribution in [0.15, 0.2) is 42.6 Å². The molecule has 5 heteroatoms. The summed E-state index contributed by atoms with van der Waals surface area (Å²) in [6, 6.07) is 9.90. The van der Waals surface area contributed by atoms with E-state index in [-0.39, 0.29) is 11.7 Å². The van der Waals surface area contributed by atoms with Gasteiger partial charge in [0.25, 0.3) is 5.91 Å². The molecular weight excluding hydrogens is 269 g/mol. The van der Waals surface area contributed by atoms with Crippen LogP contribution < -0.4 is 11.1 Å². The number of anilines is 2. The maximum atomic E-state index is 13.5. The Kier molecular flexibility index (Phi) is 3.10. The molecule has 1 amide bonds. The van der Waals surface area contributed by atoms with Gasteiger partial charge in [-0.15, -0.1) is 0 Å². The van der Waals surface area contributed by atoms with Crippen LogP contribution >= 0.6 is 0 Å². The van der Waals surface area contributed by atoms with E-state index in [1.165, 1.54) is 6.07 Å². The Morgan fingerprint density at radius 2 is 2.10 bits per heavy atom. The van der Waals surface area contributed by atoms with Crippen molar-refractivity contribution < 1.29 is 9.18 Å². The van der Waals surface area contributed by atoms with Gasteiger partial charge in [0, 0.05) is 34.0 Å². The zero-order valence-corrected chi connectivity index (χ0v) is 11.4. The highest BCUT2D eigenvalue weighted by Gasteiger charge is 2.14. The molecule has 2 aromatic carbocycles. The molecule has 0 saturated carbocycles. The number of halogens is 1. The Hall–Kier alpha value is -2.82. The van der Waals surface area contributed by atoms with E-state index >= 15 is 0 Å². The predicted octanol–water partition coefficient (Wildman–Crippen LogP) is 3.45. The van der Waals surface area contributed by atoms with Crippen molar-refractivity contribution in [1.82, 2.24) is 4.98 Å². The van der Waals surface area contributed by atoms with E-state index in [2.05, 4.69) is 10.3 Å². The standard InChI is InChI=1S/C16H14FN3O/c1-9-13(17)3-2-4-14(9)20-16(21)12-8-19-15-6-5-10(18)7-11(12)15/h2-8,19H,18H2,1H3,(H,20,21). The smallest absolute Gasteiger partial charge is 0.257 e. The summed E-state index contributed by atoms with van der Waals surface area (Å²) in [5.74, 6) is -0.656. The molecule has 0 radical (unpaired) electrons. The lowest BCUT2D eigenvalue weighted by atomic mass is 10.1. The summed E-state index contributed by atoms with van der Waals surface area (Å²) in [6.45, 7) is 1.62. The number of rotatable bonds is 2. The van der Waals surface area contributed by atoms with Crippen molar-refractivity contribution in [3.63, 3.8) is 0 Å². The van der Waals surface area contributed by atoms with Crippen LogP contribution in [0.5, 0.6) is 0 Å². The fourth-order valence-electron chi connectivity index (χ4n) is 2.26. The van der Waals surface area contributed by atoms with Crippen molar-refractivity contribution >= 4 is 28.2 Å². The molecule has 21 heavy (non-hydrogen) atoms. The van der Waals surface area contributed by atoms with Crippen LogP contribution in [-0.4, -0.2) is 10.9 Å². The van der Waals surface area contributed by atoms with Crippen molar-refractivity contribution in [3.8, 4) is 0 Å². The zero-order valence-electron chi connectivity index (χ0n) is 11.4. The second-order valence-electron chi connectivity index (χ2n) is 4.87. The summed E-state index contributed by atoms with van der Waals surface area (Å²) < 4.78 is 13.5. The molecule has 0 aliphatic carbocycles. The lowest BCUT2D eigenvalue weighted by Crippen LogP contribution is -2.12. The van der Waals surface area contributed by atoms with Crippen LogP contribution in [0.3, 0.4) is 0 Å². The van der Waals surface area contributed by atoms with Crippen LogP contribution in [0.2, 0.25) is 0 Å². The maximum absolute atomic E-state index is 13.5. The number of nitrogens with one attached hydrogen (secondary N) is 2. The number of aromatic amines is 1. The summed E-state index contributed by atoms with van der Waals surface area (Å²) in [4.78, 5) is 15.4. The van der Waals surface area contributed by atoms with Crippen molar-refractivity contribution in [3.05, 3.63) is 59.5 Å². The third kappa shape index (κ3) is 2.33. The molecule has 0 atom stereocenters. The highest BCUT2D eigenvalue weighted by atomic mass is 19.1. The number of carbonyl (C=O) groups excluding carboxylic acids is 1. The van der Waals surface area contributed by atoms with Crippen molar-refractivity contribution in [2.75, 3.05) is 11.1 Å². The fourth-order valence-corrected chi connectivity index (χ4v) is 2.26. The molecule has 0 saturated heterocycles. The van der Waals surface area contributed by atoms with E-state index in [9.17, 15) is 9.18 Å². The number of hydrogen-bond acceptors (Lipinski definition) is 2. The maximum Gasteiger partial charge on any atom is 0.257 e. The van der Waals surface area contributed by atoms with Gasteiger partial charge in [0.1, 0.15) is 5.82 Å². The van der Waals surface area contributed by atoms with E-state index in [0.29, 0.717) is 22.5 Å². The van der Waals surface area contributed by atoms with E-state index in [0.717, 1.165) is 10.9 Å². The summed E-state index contributed by atoms with van der Waals surface area (Å²) >= 11 is 0. The number of fused-ring (bicyclic) bond motifs is 1. The van der Waals surface area contributed by atoms with Gasteiger partial charge in [-0.3, -0.25) is 4.79 Å². The monoisotopic (exact) mass is 283 g/mol. The van der Waals surface area contributed by atoms with Gasteiger partial charge in [-0.25, -0.2) is 4.39 Å².